The molecule has 0 aliphatic heterocycles. The molecule has 3 aromatic rings. The number of ether oxygens (including phenoxy) is 2. The van der Waals surface area contributed by atoms with Crippen LogP contribution >= 0.6 is 0 Å². The minimum absolute atomic E-state index is 0.0122. The molecule has 0 amide bonds. The van der Waals surface area contributed by atoms with Gasteiger partial charge in [0.2, 0.25) is 0 Å². The fourth-order valence-corrected chi connectivity index (χ4v) is 2.88. The molecule has 0 fully saturated rings. The first kappa shape index (κ1) is 20.5. The van der Waals surface area contributed by atoms with Crippen LogP contribution in [0.1, 0.15) is 25.0 Å². The number of hydrogen-bond acceptors (Lipinski definition) is 2. The van der Waals surface area contributed by atoms with Gasteiger partial charge < -0.3 is 9.47 Å². The summed E-state index contributed by atoms with van der Waals surface area (Å²) in [5.74, 6) is -2.08. The van der Waals surface area contributed by atoms with Gasteiger partial charge in [0.1, 0.15) is 23.9 Å². The van der Waals surface area contributed by atoms with Gasteiger partial charge in [-0.05, 0) is 67.8 Å². The lowest BCUT2D eigenvalue weighted by molar-refractivity contribution is 0.340. The molecule has 150 valence electrons. The maximum absolute atomic E-state index is 14.9. The van der Waals surface area contributed by atoms with Gasteiger partial charge >= 0.3 is 0 Å². The van der Waals surface area contributed by atoms with E-state index in [1.54, 1.807) is 18.2 Å². The average Bonchev–Trinajstić information content (AvgIpc) is 2.74. The van der Waals surface area contributed by atoms with E-state index in [0.29, 0.717) is 30.1 Å². The normalized spacial score (nSPS) is 12.3. The third kappa shape index (κ3) is 4.62. The quantitative estimate of drug-likeness (QED) is 0.312. The summed E-state index contributed by atoms with van der Waals surface area (Å²) >= 11 is 0. The average molecular weight is 398 g/mol. The highest BCUT2D eigenvalue weighted by Gasteiger charge is 2.17. The Labute approximate surface area is 167 Å². The molecule has 0 aliphatic rings. The van der Waals surface area contributed by atoms with Crippen molar-refractivity contribution in [1.82, 2.24) is 0 Å². The molecule has 0 unspecified atom stereocenters. The van der Waals surface area contributed by atoms with Crippen molar-refractivity contribution in [2.24, 2.45) is 0 Å². The van der Waals surface area contributed by atoms with E-state index in [0.717, 1.165) is 0 Å². The van der Waals surface area contributed by atoms with Crippen LogP contribution in [-0.4, -0.2) is 13.2 Å². The van der Waals surface area contributed by atoms with E-state index >= 15 is 0 Å². The van der Waals surface area contributed by atoms with Gasteiger partial charge in [-0.1, -0.05) is 18.2 Å². The van der Waals surface area contributed by atoms with E-state index in [4.69, 9.17) is 9.47 Å². The minimum atomic E-state index is -1.25. The number of rotatable bonds is 7. The van der Waals surface area contributed by atoms with Crippen molar-refractivity contribution in [3.05, 3.63) is 83.7 Å². The first-order valence-electron chi connectivity index (χ1n) is 9.30. The Balaban J connectivity index is 1.94. The number of allylic oxidation sites excluding steroid dienone is 1. The summed E-state index contributed by atoms with van der Waals surface area (Å²) in [5, 5.41) is 0.731. The molecule has 0 saturated heterocycles. The fourth-order valence-electron chi connectivity index (χ4n) is 2.88. The van der Waals surface area contributed by atoms with Crippen molar-refractivity contribution in [1.29, 1.82) is 0 Å². The van der Waals surface area contributed by atoms with E-state index in [1.807, 2.05) is 26.0 Å². The van der Waals surface area contributed by atoms with Crippen molar-refractivity contribution in [3.8, 4) is 11.5 Å². The molecule has 29 heavy (non-hydrogen) atoms. The van der Waals surface area contributed by atoms with Crippen molar-refractivity contribution in [3.63, 3.8) is 0 Å². The molecule has 0 radical (unpaired) electrons. The molecule has 3 aromatic carbocycles. The third-order valence-corrected chi connectivity index (χ3v) is 4.36. The van der Waals surface area contributed by atoms with Crippen molar-refractivity contribution >= 4 is 22.4 Å². The summed E-state index contributed by atoms with van der Waals surface area (Å²) < 4.78 is 55.1. The Bertz CT molecular complexity index is 1050. The molecule has 5 heteroatoms. The Morgan fingerprint density at radius 2 is 1.62 bits per heavy atom. The van der Waals surface area contributed by atoms with Gasteiger partial charge in [0.15, 0.2) is 11.7 Å². The van der Waals surface area contributed by atoms with E-state index in [1.165, 1.54) is 36.4 Å². The van der Waals surface area contributed by atoms with Gasteiger partial charge in [-0.15, -0.1) is 0 Å². The number of fused-ring (bicyclic) bond motifs is 1. The number of benzene rings is 3. The zero-order chi connectivity index (χ0) is 20.8. The SMILES string of the molecule is CC=CCOc1ccc2c(F)c(C(F)=C(F)c3ccc(OCC)cc3)ccc2c1. The monoisotopic (exact) mass is 398 g/mol. The lowest BCUT2D eigenvalue weighted by atomic mass is 10.0. The molecule has 0 saturated carbocycles. The highest BCUT2D eigenvalue weighted by Crippen LogP contribution is 2.34. The fraction of sp³-hybridized carbons (Fsp3) is 0.167. The summed E-state index contributed by atoms with van der Waals surface area (Å²) in [4.78, 5) is 0. The number of hydrogen-bond donors (Lipinski definition) is 0. The van der Waals surface area contributed by atoms with Gasteiger partial charge in [0, 0.05) is 16.5 Å². The van der Waals surface area contributed by atoms with Crippen molar-refractivity contribution < 1.29 is 22.6 Å². The first-order chi connectivity index (χ1) is 14.0. The maximum Gasteiger partial charge on any atom is 0.169 e. The molecule has 0 heterocycles. The van der Waals surface area contributed by atoms with Crippen LogP contribution in [0.4, 0.5) is 13.2 Å². The summed E-state index contributed by atoms with van der Waals surface area (Å²) in [6, 6.07) is 13.4. The Morgan fingerprint density at radius 3 is 2.31 bits per heavy atom. The predicted molar refractivity (Wildman–Crippen MR) is 111 cm³/mol. The second kappa shape index (κ2) is 9.32. The van der Waals surface area contributed by atoms with Crippen molar-refractivity contribution in [2.45, 2.75) is 13.8 Å². The molecular weight excluding hydrogens is 377 g/mol. The van der Waals surface area contributed by atoms with Crippen LogP contribution in [0.3, 0.4) is 0 Å². The minimum Gasteiger partial charge on any atom is -0.494 e. The predicted octanol–water partition coefficient (Wildman–Crippen LogP) is 7.10. The largest absolute Gasteiger partial charge is 0.494 e. The van der Waals surface area contributed by atoms with Gasteiger partial charge in [-0.3, -0.25) is 0 Å². The van der Waals surface area contributed by atoms with Crippen LogP contribution in [0, 0.1) is 5.82 Å². The van der Waals surface area contributed by atoms with Crippen molar-refractivity contribution in [2.75, 3.05) is 13.2 Å². The lowest BCUT2D eigenvalue weighted by Gasteiger charge is -2.09. The van der Waals surface area contributed by atoms with Crippen LogP contribution in [0.5, 0.6) is 11.5 Å². The maximum atomic E-state index is 14.9. The summed E-state index contributed by atoms with van der Waals surface area (Å²) in [6.45, 7) is 4.58. The Morgan fingerprint density at radius 1 is 0.897 bits per heavy atom. The van der Waals surface area contributed by atoms with Gasteiger partial charge in [0.25, 0.3) is 0 Å². The topological polar surface area (TPSA) is 18.5 Å². The summed E-state index contributed by atoms with van der Waals surface area (Å²) in [5.41, 5.74) is -0.412. The molecule has 0 aliphatic carbocycles. The second-order valence-electron chi connectivity index (χ2n) is 6.28. The smallest absolute Gasteiger partial charge is 0.169 e. The van der Waals surface area contributed by atoms with Crippen LogP contribution in [0.25, 0.3) is 22.4 Å². The van der Waals surface area contributed by atoms with Crippen LogP contribution in [0.2, 0.25) is 0 Å². The molecule has 0 aromatic heterocycles. The van der Waals surface area contributed by atoms with Gasteiger partial charge in [-0.25, -0.2) is 13.2 Å². The standard InChI is InChI=1S/C24H21F3O2/c1-3-5-14-29-19-11-13-20-17(15-19)8-12-21(23(20)26)24(27)22(25)16-6-9-18(10-7-16)28-4-2/h3,5-13,15H,4,14H2,1-2H3. The lowest BCUT2D eigenvalue weighted by Crippen LogP contribution is -1.95. The highest BCUT2D eigenvalue weighted by molar-refractivity contribution is 5.91. The molecule has 0 bridgehead atoms. The zero-order valence-corrected chi connectivity index (χ0v) is 16.2. The van der Waals surface area contributed by atoms with E-state index in [2.05, 4.69) is 0 Å². The molecule has 0 atom stereocenters. The van der Waals surface area contributed by atoms with Crippen LogP contribution in [-0.2, 0) is 0 Å². The molecule has 0 N–H and O–H groups in total. The van der Waals surface area contributed by atoms with Crippen LogP contribution in [0.15, 0.2) is 66.7 Å². The molecule has 0 spiro atoms. The van der Waals surface area contributed by atoms with Crippen LogP contribution < -0.4 is 9.47 Å². The third-order valence-electron chi connectivity index (χ3n) is 4.36. The zero-order valence-electron chi connectivity index (χ0n) is 16.2. The van der Waals surface area contributed by atoms with Gasteiger partial charge in [-0.2, -0.15) is 0 Å². The summed E-state index contributed by atoms with van der Waals surface area (Å²) in [7, 11) is 0. The highest BCUT2D eigenvalue weighted by atomic mass is 19.2. The molecule has 2 nitrogen and oxygen atoms in total. The molecule has 3 rings (SSSR count). The number of halogens is 3. The Hall–Kier alpha value is -3.21. The van der Waals surface area contributed by atoms with Gasteiger partial charge in [0.05, 0.1) is 6.61 Å². The van der Waals surface area contributed by atoms with E-state index < -0.39 is 23.0 Å². The van der Waals surface area contributed by atoms with E-state index in [-0.39, 0.29) is 10.9 Å². The second-order valence-corrected chi connectivity index (χ2v) is 6.28. The summed E-state index contributed by atoms with van der Waals surface area (Å²) in [6.07, 6.45) is 3.71. The molecular formula is C24H21F3O2. The Kier molecular flexibility index (Phi) is 6.60. The van der Waals surface area contributed by atoms with E-state index in [9.17, 15) is 13.2 Å². The first-order valence-corrected chi connectivity index (χ1v) is 9.30.